The van der Waals surface area contributed by atoms with Crippen LogP contribution in [0.1, 0.15) is 20.3 Å². The Balaban J connectivity index is 1.72. The molecule has 1 aliphatic rings. The Hall–Kier alpha value is -1.75. The second-order valence-electron chi connectivity index (χ2n) is 5.81. The zero-order chi connectivity index (χ0) is 15.2. The van der Waals surface area contributed by atoms with Gasteiger partial charge in [-0.15, -0.1) is 0 Å². The van der Waals surface area contributed by atoms with E-state index < -0.39 is 0 Å². The topological polar surface area (TPSA) is 53.6 Å². The van der Waals surface area contributed by atoms with Crippen LogP contribution in [0.15, 0.2) is 24.3 Å². The molecule has 1 saturated heterocycles. The van der Waals surface area contributed by atoms with Crippen molar-refractivity contribution in [3.63, 3.8) is 0 Å². The predicted molar refractivity (Wildman–Crippen MR) is 84.8 cm³/mol. The molecule has 0 aromatic heterocycles. The molecule has 1 atom stereocenters. The van der Waals surface area contributed by atoms with E-state index in [1.54, 1.807) is 7.11 Å². The number of hydrogen-bond acceptors (Lipinski definition) is 3. The Kier molecular flexibility index (Phi) is 5.44. The molecule has 0 aliphatic carbocycles. The number of urea groups is 1. The molecule has 0 radical (unpaired) electrons. The summed E-state index contributed by atoms with van der Waals surface area (Å²) in [6.07, 6.45) is 1.15. The molecule has 0 bridgehead atoms. The Labute approximate surface area is 126 Å². The van der Waals surface area contributed by atoms with Crippen LogP contribution in [0.25, 0.3) is 0 Å². The van der Waals surface area contributed by atoms with E-state index in [9.17, 15) is 4.79 Å². The molecular weight excluding hydrogens is 266 g/mol. The summed E-state index contributed by atoms with van der Waals surface area (Å²) in [4.78, 5) is 14.3. The number of amides is 2. The molecule has 1 aromatic rings. The van der Waals surface area contributed by atoms with Gasteiger partial charge in [0.25, 0.3) is 0 Å². The van der Waals surface area contributed by atoms with Crippen LogP contribution in [0.5, 0.6) is 5.75 Å². The van der Waals surface area contributed by atoms with E-state index in [4.69, 9.17) is 4.74 Å². The average Bonchev–Trinajstić information content (AvgIpc) is 2.95. The summed E-state index contributed by atoms with van der Waals surface area (Å²) in [5.41, 5.74) is 0.767. The van der Waals surface area contributed by atoms with Gasteiger partial charge in [-0.2, -0.15) is 0 Å². The number of hydrogen-bond donors (Lipinski definition) is 2. The van der Waals surface area contributed by atoms with Crippen molar-refractivity contribution >= 4 is 11.7 Å². The second kappa shape index (κ2) is 7.31. The van der Waals surface area contributed by atoms with Crippen LogP contribution in [0.3, 0.4) is 0 Å². The van der Waals surface area contributed by atoms with Gasteiger partial charge in [0.15, 0.2) is 0 Å². The zero-order valence-electron chi connectivity index (χ0n) is 13.1. The number of nitrogens with zero attached hydrogens (tertiary/aromatic N) is 1. The quantitative estimate of drug-likeness (QED) is 0.876. The van der Waals surface area contributed by atoms with E-state index in [-0.39, 0.29) is 6.03 Å². The number of rotatable bonds is 5. The third kappa shape index (κ3) is 4.63. The van der Waals surface area contributed by atoms with Crippen molar-refractivity contribution in [2.24, 2.45) is 5.92 Å². The first kappa shape index (κ1) is 15.6. The third-order valence-electron chi connectivity index (χ3n) is 3.95. The van der Waals surface area contributed by atoms with Crippen LogP contribution in [0, 0.1) is 5.92 Å². The SMILES string of the molecule is COc1ccc(NC(=O)NCC2CCN(C(C)C)C2)cc1. The number of ether oxygens (including phenoxy) is 1. The van der Waals surface area contributed by atoms with E-state index in [0.717, 1.165) is 37.5 Å². The van der Waals surface area contributed by atoms with Gasteiger partial charge in [0, 0.05) is 24.8 Å². The number of benzene rings is 1. The van der Waals surface area contributed by atoms with Crippen LogP contribution in [0.2, 0.25) is 0 Å². The highest BCUT2D eigenvalue weighted by atomic mass is 16.5. The van der Waals surface area contributed by atoms with Crippen molar-refractivity contribution in [2.45, 2.75) is 26.3 Å². The van der Waals surface area contributed by atoms with Gasteiger partial charge in [0.05, 0.1) is 7.11 Å². The van der Waals surface area contributed by atoms with Gasteiger partial charge in [-0.3, -0.25) is 0 Å². The summed E-state index contributed by atoms with van der Waals surface area (Å²) < 4.78 is 5.09. The van der Waals surface area contributed by atoms with Gasteiger partial charge in [-0.1, -0.05) is 0 Å². The molecule has 21 heavy (non-hydrogen) atoms. The molecule has 1 unspecified atom stereocenters. The van der Waals surface area contributed by atoms with E-state index in [2.05, 4.69) is 29.4 Å². The first-order chi connectivity index (χ1) is 10.1. The Morgan fingerprint density at radius 3 is 2.67 bits per heavy atom. The summed E-state index contributed by atoms with van der Waals surface area (Å²) in [6, 6.07) is 7.75. The normalized spacial score (nSPS) is 18.8. The lowest BCUT2D eigenvalue weighted by Gasteiger charge is -2.20. The second-order valence-corrected chi connectivity index (χ2v) is 5.81. The van der Waals surface area contributed by atoms with Crippen molar-refractivity contribution < 1.29 is 9.53 Å². The van der Waals surface area contributed by atoms with Crippen LogP contribution >= 0.6 is 0 Å². The number of likely N-dealkylation sites (tertiary alicyclic amines) is 1. The third-order valence-corrected chi connectivity index (χ3v) is 3.95. The fourth-order valence-corrected chi connectivity index (χ4v) is 2.58. The van der Waals surface area contributed by atoms with Gasteiger partial charge in [-0.05, 0) is 57.0 Å². The Bertz CT molecular complexity index is 459. The standard InChI is InChI=1S/C16H25N3O2/c1-12(2)19-9-8-13(11-19)10-17-16(20)18-14-4-6-15(21-3)7-5-14/h4-7,12-13H,8-11H2,1-3H3,(H2,17,18,20). The maximum atomic E-state index is 11.9. The van der Waals surface area contributed by atoms with Crippen LogP contribution < -0.4 is 15.4 Å². The highest BCUT2D eigenvalue weighted by Gasteiger charge is 2.24. The van der Waals surface area contributed by atoms with Gasteiger partial charge < -0.3 is 20.3 Å². The fraction of sp³-hybridized carbons (Fsp3) is 0.562. The molecule has 2 rings (SSSR count). The molecule has 2 N–H and O–H groups in total. The fourth-order valence-electron chi connectivity index (χ4n) is 2.58. The number of methoxy groups -OCH3 is 1. The molecule has 5 nitrogen and oxygen atoms in total. The molecule has 1 aromatic carbocycles. The molecule has 1 fully saturated rings. The van der Waals surface area contributed by atoms with Crippen LogP contribution in [-0.2, 0) is 0 Å². The molecule has 0 saturated carbocycles. The maximum Gasteiger partial charge on any atom is 0.319 e. The lowest BCUT2D eigenvalue weighted by atomic mass is 10.1. The number of anilines is 1. The molecule has 0 spiro atoms. The molecular formula is C16H25N3O2. The minimum absolute atomic E-state index is 0.150. The van der Waals surface area contributed by atoms with Crippen molar-refractivity contribution in [1.29, 1.82) is 0 Å². The largest absolute Gasteiger partial charge is 0.497 e. The lowest BCUT2D eigenvalue weighted by Crippen LogP contribution is -2.35. The van der Waals surface area contributed by atoms with Gasteiger partial charge in [0.2, 0.25) is 0 Å². The summed E-state index contributed by atoms with van der Waals surface area (Å²) in [6.45, 7) is 7.36. The molecule has 116 valence electrons. The molecule has 1 heterocycles. The Morgan fingerprint density at radius 1 is 1.38 bits per heavy atom. The number of nitrogens with one attached hydrogen (secondary N) is 2. The van der Waals surface area contributed by atoms with E-state index in [1.807, 2.05) is 24.3 Å². The number of carbonyl (C=O) groups excluding carboxylic acids is 1. The molecule has 5 heteroatoms. The monoisotopic (exact) mass is 291 g/mol. The maximum absolute atomic E-state index is 11.9. The first-order valence-corrected chi connectivity index (χ1v) is 7.51. The highest BCUT2D eigenvalue weighted by molar-refractivity contribution is 5.89. The van der Waals surface area contributed by atoms with Gasteiger partial charge in [-0.25, -0.2) is 4.79 Å². The van der Waals surface area contributed by atoms with Crippen molar-refractivity contribution in [1.82, 2.24) is 10.2 Å². The minimum atomic E-state index is -0.150. The van der Waals surface area contributed by atoms with Gasteiger partial charge >= 0.3 is 6.03 Å². The average molecular weight is 291 g/mol. The van der Waals surface area contributed by atoms with Crippen LogP contribution in [-0.4, -0.2) is 43.7 Å². The van der Waals surface area contributed by atoms with Crippen LogP contribution in [0.4, 0.5) is 10.5 Å². The minimum Gasteiger partial charge on any atom is -0.497 e. The van der Waals surface area contributed by atoms with Crippen molar-refractivity contribution in [2.75, 3.05) is 32.1 Å². The van der Waals surface area contributed by atoms with E-state index in [0.29, 0.717) is 12.0 Å². The van der Waals surface area contributed by atoms with Crippen molar-refractivity contribution in [3.05, 3.63) is 24.3 Å². The first-order valence-electron chi connectivity index (χ1n) is 7.51. The number of carbonyl (C=O) groups is 1. The van der Waals surface area contributed by atoms with E-state index >= 15 is 0 Å². The van der Waals surface area contributed by atoms with Gasteiger partial charge in [0.1, 0.15) is 5.75 Å². The summed E-state index contributed by atoms with van der Waals surface area (Å²) in [5.74, 6) is 1.33. The predicted octanol–water partition coefficient (Wildman–Crippen LogP) is 2.55. The molecule has 2 amide bonds. The summed E-state index contributed by atoms with van der Waals surface area (Å²) >= 11 is 0. The van der Waals surface area contributed by atoms with Crippen molar-refractivity contribution in [3.8, 4) is 5.75 Å². The lowest BCUT2D eigenvalue weighted by molar-refractivity contribution is 0.247. The van der Waals surface area contributed by atoms with E-state index in [1.165, 1.54) is 0 Å². The zero-order valence-corrected chi connectivity index (χ0v) is 13.1. The molecule has 1 aliphatic heterocycles. The summed E-state index contributed by atoms with van der Waals surface area (Å²) in [7, 11) is 1.62. The Morgan fingerprint density at radius 2 is 2.10 bits per heavy atom. The highest BCUT2D eigenvalue weighted by Crippen LogP contribution is 2.18. The summed E-state index contributed by atoms with van der Waals surface area (Å²) in [5, 5.41) is 5.79. The smallest absolute Gasteiger partial charge is 0.319 e.